The first-order chi connectivity index (χ1) is 9.28. The number of rotatable bonds is 6. The van der Waals surface area contributed by atoms with E-state index < -0.39 is 0 Å². The molecule has 0 unspecified atom stereocenters. The number of aryl methyl sites for hydroxylation is 1. The van der Waals surface area contributed by atoms with Crippen LogP contribution in [0.1, 0.15) is 30.9 Å². The summed E-state index contributed by atoms with van der Waals surface area (Å²) in [5.74, 6) is 0.633. The summed E-state index contributed by atoms with van der Waals surface area (Å²) in [5.41, 5.74) is 2.31. The van der Waals surface area contributed by atoms with Gasteiger partial charge in [0.2, 0.25) is 0 Å². The third-order valence-corrected chi connectivity index (χ3v) is 3.06. The molecule has 0 aliphatic carbocycles. The van der Waals surface area contributed by atoms with Crippen molar-refractivity contribution in [3.63, 3.8) is 0 Å². The first kappa shape index (κ1) is 13.6. The molecule has 0 bridgehead atoms. The molecule has 2 rings (SSSR count). The van der Waals surface area contributed by atoms with Gasteiger partial charge in [0, 0.05) is 0 Å². The predicted molar refractivity (Wildman–Crippen MR) is 75.8 cm³/mol. The van der Waals surface area contributed by atoms with Crippen molar-refractivity contribution in [1.29, 1.82) is 0 Å². The topological polar surface area (TPSA) is 9.23 Å². The smallest absolute Gasteiger partial charge is 0.123 e. The van der Waals surface area contributed by atoms with Gasteiger partial charge in [-0.25, -0.2) is 4.39 Å². The van der Waals surface area contributed by atoms with Crippen molar-refractivity contribution in [2.45, 2.75) is 32.8 Å². The lowest BCUT2D eigenvalue weighted by Gasteiger charge is -2.07. The van der Waals surface area contributed by atoms with Crippen LogP contribution in [0.2, 0.25) is 0 Å². The molecule has 0 saturated heterocycles. The fourth-order valence-corrected chi connectivity index (χ4v) is 1.88. The molecule has 2 aromatic carbocycles. The average Bonchev–Trinajstić information content (AvgIpc) is 2.46. The van der Waals surface area contributed by atoms with Gasteiger partial charge in [-0.2, -0.15) is 0 Å². The van der Waals surface area contributed by atoms with Crippen molar-refractivity contribution in [3.8, 4) is 5.75 Å². The molecule has 1 nitrogen and oxygen atoms in total. The molecule has 0 N–H and O–H groups in total. The van der Waals surface area contributed by atoms with Crippen LogP contribution >= 0.6 is 0 Å². The Labute approximate surface area is 114 Å². The number of ether oxygens (including phenoxy) is 1. The third kappa shape index (κ3) is 4.40. The molecule has 0 heterocycles. The van der Waals surface area contributed by atoms with E-state index in [0.717, 1.165) is 17.7 Å². The lowest BCUT2D eigenvalue weighted by Crippen LogP contribution is -1.95. The van der Waals surface area contributed by atoms with Crippen LogP contribution in [0.4, 0.5) is 4.39 Å². The number of halogens is 1. The zero-order chi connectivity index (χ0) is 13.5. The first-order valence-electron chi connectivity index (χ1n) is 6.74. The van der Waals surface area contributed by atoms with Gasteiger partial charge in [-0.1, -0.05) is 37.6 Å². The van der Waals surface area contributed by atoms with E-state index in [2.05, 4.69) is 19.1 Å². The second kappa shape index (κ2) is 6.93. The monoisotopic (exact) mass is 258 g/mol. The van der Waals surface area contributed by atoms with E-state index in [9.17, 15) is 4.39 Å². The maximum Gasteiger partial charge on any atom is 0.123 e. The van der Waals surface area contributed by atoms with E-state index in [-0.39, 0.29) is 5.82 Å². The lowest BCUT2D eigenvalue weighted by molar-refractivity contribution is 0.306. The summed E-state index contributed by atoms with van der Waals surface area (Å²) in [6.45, 7) is 2.66. The maximum absolute atomic E-state index is 12.8. The molecule has 0 aromatic heterocycles. The number of hydrogen-bond acceptors (Lipinski definition) is 1. The van der Waals surface area contributed by atoms with E-state index in [4.69, 9.17) is 4.74 Å². The highest BCUT2D eigenvalue weighted by atomic mass is 19.1. The molecule has 19 heavy (non-hydrogen) atoms. The molecular weight excluding hydrogens is 239 g/mol. The first-order valence-corrected chi connectivity index (χ1v) is 6.74. The van der Waals surface area contributed by atoms with Crippen molar-refractivity contribution < 1.29 is 9.13 Å². The van der Waals surface area contributed by atoms with Gasteiger partial charge in [0.1, 0.15) is 18.2 Å². The Balaban J connectivity index is 1.87. The lowest BCUT2D eigenvalue weighted by atomic mass is 10.1. The van der Waals surface area contributed by atoms with Crippen molar-refractivity contribution >= 4 is 0 Å². The SMILES string of the molecule is CCCCc1ccc(OCc2ccc(F)cc2)cc1. The average molecular weight is 258 g/mol. The van der Waals surface area contributed by atoms with Crippen LogP contribution in [0.15, 0.2) is 48.5 Å². The standard InChI is InChI=1S/C17H19FO/c1-2-3-4-14-7-11-17(12-8-14)19-13-15-5-9-16(18)10-6-15/h5-12H,2-4,13H2,1H3. The second-order valence-electron chi connectivity index (χ2n) is 4.66. The van der Waals surface area contributed by atoms with Gasteiger partial charge in [-0.15, -0.1) is 0 Å². The minimum Gasteiger partial charge on any atom is -0.489 e. The van der Waals surface area contributed by atoms with Gasteiger partial charge in [-0.05, 0) is 48.2 Å². The van der Waals surface area contributed by atoms with E-state index in [1.165, 1.54) is 30.5 Å². The molecular formula is C17H19FO. The summed E-state index contributed by atoms with van der Waals surface area (Å²) in [5, 5.41) is 0. The highest BCUT2D eigenvalue weighted by Gasteiger charge is 1.98. The summed E-state index contributed by atoms with van der Waals surface area (Å²) in [6, 6.07) is 14.6. The zero-order valence-corrected chi connectivity index (χ0v) is 11.2. The summed E-state index contributed by atoms with van der Waals surface area (Å²) in [7, 11) is 0. The summed E-state index contributed by atoms with van der Waals surface area (Å²) in [4.78, 5) is 0. The molecule has 0 saturated carbocycles. The summed E-state index contributed by atoms with van der Waals surface area (Å²) in [6.07, 6.45) is 3.55. The van der Waals surface area contributed by atoms with Gasteiger partial charge in [0.25, 0.3) is 0 Å². The van der Waals surface area contributed by atoms with Crippen LogP contribution in [0.25, 0.3) is 0 Å². The van der Waals surface area contributed by atoms with Crippen molar-refractivity contribution in [2.24, 2.45) is 0 Å². The Morgan fingerprint density at radius 2 is 1.53 bits per heavy atom. The fraction of sp³-hybridized carbons (Fsp3) is 0.294. The molecule has 100 valence electrons. The van der Waals surface area contributed by atoms with E-state index >= 15 is 0 Å². The van der Waals surface area contributed by atoms with Crippen LogP contribution in [0.5, 0.6) is 5.75 Å². The van der Waals surface area contributed by atoms with E-state index in [1.54, 1.807) is 12.1 Å². The minimum absolute atomic E-state index is 0.218. The highest BCUT2D eigenvalue weighted by molar-refractivity contribution is 5.28. The second-order valence-corrected chi connectivity index (χ2v) is 4.66. The van der Waals surface area contributed by atoms with Crippen LogP contribution in [-0.2, 0) is 13.0 Å². The number of unbranched alkanes of at least 4 members (excludes halogenated alkanes) is 1. The van der Waals surface area contributed by atoms with Gasteiger partial charge < -0.3 is 4.74 Å². The van der Waals surface area contributed by atoms with Crippen molar-refractivity contribution in [1.82, 2.24) is 0 Å². The molecule has 0 amide bonds. The minimum atomic E-state index is -0.218. The van der Waals surface area contributed by atoms with Crippen LogP contribution in [0, 0.1) is 5.82 Å². The van der Waals surface area contributed by atoms with Gasteiger partial charge in [0.05, 0.1) is 0 Å². The fourth-order valence-electron chi connectivity index (χ4n) is 1.88. The quantitative estimate of drug-likeness (QED) is 0.726. The predicted octanol–water partition coefficient (Wildman–Crippen LogP) is 4.75. The van der Waals surface area contributed by atoms with E-state index in [0.29, 0.717) is 6.61 Å². The van der Waals surface area contributed by atoms with Crippen LogP contribution < -0.4 is 4.74 Å². The van der Waals surface area contributed by atoms with Gasteiger partial charge in [-0.3, -0.25) is 0 Å². The molecule has 0 fully saturated rings. The van der Waals surface area contributed by atoms with Crippen LogP contribution in [-0.4, -0.2) is 0 Å². The third-order valence-electron chi connectivity index (χ3n) is 3.06. The number of benzene rings is 2. The van der Waals surface area contributed by atoms with Gasteiger partial charge in [0.15, 0.2) is 0 Å². The zero-order valence-electron chi connectivity index (χ0n) is 11.2. The van der Waals surface area contributed by atoms with Crippen molar-refractivity contribution in [3.05, 3.63) is 65.5 Å². The van der Waals surface area contributed by atoms with Crippen LogP contribution in [0.3, 0.4) is 0 Å². The molecule has 0 aliphatic heterocycles. The Morgan fingerprint density at radius 1 is 0.895 bits per heavy atom. The van der Waals surface area contributed by atoms with Gasteiger partial charge >= 0.3 is 0 Å². The molecule has 0 aliphatic rings. The Hall–Kier alpha value is -1.83. The normalized spacial score (nSPS) is 10.4. The maximum atomic E-state index is 12.8. The largest absolute Gasteiger partial charge is 0.489 e. The molecule has 2 heteroatoms. The molecule has 0 radical (unpaired) electrons. The molecule has 2 aromatic rings. The molecule has 0 atom stereocenters. The Kier molecular flexibility index (Phi) is 4.96. The van der Waals surface area contributed by atoms with E-state index in [1.807, 2.05) is 12.1 Å². The number of hydrogen-bond donors (Lipinski definition) is 0. The molecule has 0 spiro atoms. The Bertz CT molecular complexity index is 488. The summed E-state index contributed by atoms with van der Waals surface area (Å²) < 4.78 is 18.4. The summed E-state index contributed by atoms with van der Waals surface area (Å²) >= 11 is 0. The van der Waals surface area contributed by atoms with Crippen molar-refractivity contribution in [2.75, 3.05) is 0 Å². The Morgan fingerprint density at radius 3 is 2.16 bits per heavy atom. The highest BCUT2D eigenvalue weighted by Crippen LogP contribution is 2.15.